The van der Waals surface area contributed by atoms with Gasteiger partial charge in [-0.3, -0.25) is 0 Å². The van der Waals surface area contributed by atoms with Crippen molar-refractivity contribution in [3.05, 3.63) is 18.2 Å². The van der Waals surface area contributed by atoms with Crippen LogP contribution in [0, 0.1) is 12.3 Å². The molecule has 2 rings (SSSR count). The minimum Gasteiger partial charge on any atom is -0.334 e. The molecular weight excluding hydrogens is 210 g/mol. The highest BCUT2D eigenvalue weighted by Gasteiger charge is 2.31. The van der Waals surface area contributed by atoms with Crippen molar-refractivity contribution in [2.45, 2.75) is 52.5 Å². The van der Waals surface area contributed by atoms with Gasteiger partial charge in [0.2, 0.25) is 0 Å². The minimum atomic E-state index is 0.601. The second kappa shape index (κ2) is 5.67. The molecule has 1 aromatic rings. The standard InChI is InChI=1S/C14H25N3/c1-3-14(6-4-5-7-14)12-15-8-10-17-11-9-16-13(17)2/h9,11,15H,3-8,10,12H2,1-2H3. The van der Waals surface area contributed by atoms with Gasteiger partial charge in [-0.1, -0.05) is 19.8 Å². The Kier molecular flexibility index (Phi) is 4.21. The Bertz CT molecular complexity index is 337. The summed E-state index contributed by atoms with van der Waals surface area (Å²) in [6, 6.07) is 0. The molecule has 17 heavy (non-hydrogen) atoms. The Hall–Kier alpha value is -0.830. The van der Waals surface area contributed by atoms with Gasteiger partial charge < -0.3 is 9.88 Å². The molecule has 1 N–H and O–H groups in total. The summed E-state index contributed by atoms with van der Waals surface area (Å²) in [7, 11) is 0. The van der Waals surface area contributed by atoms with Crippen molar-refractivity contribution in [3.8, 4) is 0 Å². The molecule has 1 saturated carbocycles. The molecule has 1 fully saturated rings. The predicted octanol–water partition coefficient (Wildman–Crippen LogP) is 2.75. The highest BCUT2D eigenvalue weighted by atomic mass is 15.1. The molecule has 1 aromatic heterocycles. The minimum absolute atomic E-state index is 0.601. The zero-order chi connectivity index (χ0) is 12.1. The molecule has 0 aromatic carbocycles. The molecule has 0 amide bonds. The van der Waals surface area contributed by atoms with E-state index in [2.05, 4.69) is 34.9 Å². The molecule has 0 aliphatic heterocycles. The Balaban J connectivity index is 1.71. The molecule has 0 atom stereocenters. The van der Waals surface area contributed by atoms with E-state index in [0.717, 1.165) is 18.9 Å². The summed E-state index contributed by atoms with van der Waals surface area (Å²) in [4.78, 5) is 4.24. The zero-order valence-corrected chi connectivity index (χ0v) is 11.2. The topological polar surface area (TPSA) is 29.9 Å². The smallest absolute Gasteiger partial charge is 0.105 e. The third-order valence-corrected chi connectivity index (χ3v) is 4.37. The molecule has 0 bridgehead atoms. The van der Waals surface area contributed by atoms with Crippen molar-refractivity contribution in [3.63, 3.8) is 0 Å². The van der Waals surface area contributed by atoms with Crippen LogP contribution in [0.15, 0.2) is 12.4 Å². The monoisotopic (exact) mass is 235 g/mol. The fourth-order valence-electron chi connectivity index (χ4n) is 2.97. The largest absolute Gasteiger partial charge is 0.334 e. The SMILES string of the molecule is CCC1(CNCCn2ccnc2C)CCCC1. The van der Waals surface area contributed by atoms with Crippen molar-refractivity contribution in [2.24, 2.45) is 5.41 Å². The fraction of sp³-hybridized carbons (Fsp3) is 0.786. The van der Waals surface area contributed by atoms with Crippen molar-refractivity contribution < 1.29 is 0 Å². The number of hydrogen-bond donors (Lipinski definition) is 1. The van der Waals surface area contributed by atoms with Gasteiger partial charge in [0.05, 0.1) is 0 Å². The van der Waals surface area contributed by atoms with Gasteiger partial charge in [-0.2, -0.15) is 0 Å². The Morgan fingerprint density at radius 1 is 1.41 bits per heavy atom. The molecule has 1 aliphatic carbocycles. The van der Waals surface area contributed by atoms with Crippen LogP contribution in [0.2, 0.25) is 0 Å². The van der Waals surface area contributed by atoms with Crippen molar-refractivity contribution >= 4 is 0 Å². The van der Waals surface area contributed by atoms with E-state index in [1.807, 2.05) is 6.20 Å². The van der Waals surface area contributed by atoms with Crippen molar-refractivity contribution in [1.82, 2.24) is 14.9 Å². The number of aryl methyl sites for hydroxylation is 1. The van der Waals surface area contributed by atoms with Crippen molar-refractivity contribution in [1.29, 1.82) is 0 Å². The van der Waals surface area contributed by atoms with Crippen LogP contribution < -0.4 is 5.32 Å². The maximum Gasteiger partial charge on any atom is 0.105 e. The van der Waals surface area contributed by atoms with Gasteiger partial charge in [-0.05, 0) is 31.6 Å². The quantitative estimate of drug-likeness (QED) is 0.768. The van der Waals surface area contributed by atoms with Gasteiger partial charge in [0.15, 0.2) is 0 Å². The molecule has 0 radical (unpaired) electrons. The summed E-state index contributed by atoms with van der Waals surface area (Å²) in [5, 5.41) is 3.64. The van der Waals surface area contributed by atoms with E-state index in [1.165, 1.54) is 38.6 Å². The first kappa shape index (κ1) is 12.6. The third-order valence-electron chi connectivity index (χ3n) is 4.37. The van der Waals surface area contributed by atoms with E-state index < -0.39 is 0 Å². The summed E-state index contributed by atoms with van der Waals surface area (Å²) >= 11 is 0. The summed E-state index contributed by atoms with van der Waals surface area (Å²) in [6.07, 6.45) is 10.9. The first-order valence-electron chi connectivity index (χ1n) is 6.94. The lowest BCUT2D eigenvalue weighted by atomic mass is 9.83. The first-order chi connectivity index (χ1) is 8.26. The summed E-state index contributed by atoms with van der Waals surface area (Å²) in [6.45, 7) is 7.68. The maximum atomic E-state index is 4.24. The highest BCUT2D eigenvalue weighted by Crippen LogP contribution is 2.40. The van der Waals surface area contributed by atoms with Crippen LogP contribution in [0.4, 0.5) is 0 Å². The number of nitrogens with zero attached hydrogens (tertiary/aromatic N) is 2. The predicted molar refractivity (Wildman–Crippen MR) is 71.0 cm³/mol. The van der Waals surface area contributed by atoms with Crippen LogP contribution >= 0.6 is 0 Å². The lowest BCUT2D eigenvalue weighted by molar-refractivity contribution is 0.267. The van der Waals surface area contributed by atoms with E-state index in [1.54, 1.807) is 0 Å². The van der Waals surface area contributed by atoms with Crippen molar-refractivity contribution in [2.75, 3.05) is 13.1 Å². The molecule has 0 unspecified atom stereocenters. The number of aromatic nitrogens is 2. The number of imidazole rings is 1. The first-order valence-corrected chi connectivity index (χ1v) is 6.94. The summed E-state index contributed by atoms with van der Waals surface area (Å²) in [5.41, 5.74) is 0.601. The maximum absolute atomic E-state index is 4.24. The Labute approximate surface area is 105 Å². The molecule has 0 spiro atoms. The second-order valence-electron chi connectivity index (χ2n) is 5.41. The summed E-state index contributed by atoms with van der Waals surface area (Å²) in [5.74, 6) is 1.11. The number of hydrogen-bond acceptors (Lipinski definition) is 2. The molecule has 0 saturated heterocycles. The molecule has 3 nitrogen and oxygen atoms in total. The van der Waals surface area contributed by atoms with Crippen LogP contribution in [0.3, 0.4) is 0 Å². The Morgan fingerprint density at radius 3 is 2.76 bits per heavy atom. The van der Waals surface area contributed by atoms with Crippen LogP contribution in [0.1, 0.15) is 44.9 Å². The fourth-order valence-corrected chi connectivity index (χ4v) is 2.97. The highest BCUT2D eigenvalue weighted by molar-refractivity contribution is 4.89. The number of rotatable bonds is 6. The average molecular weight is 235 g/mol. The normalized spacial score (nSPS) is 18.7. The van der Waals surface area contributed by atoms with Crippen LogP contribution in [0.25, 0.3) is 0 Å². The van der Waals surface area contributed by atoms with E-state index >= 15 is 0 Å². The molecule has 96 valence electrons. The van der Waals surface area contributed by atoms with Crippen LogP contribution in [0.5, 0.6) is 0 Å². The third kappa shape index (κ3) is 3.09. The van der Waals surface area contributed by atoms with E-state index in [0.29, 0.717) is 5.41 Å². The van der Waals surface area contributed by atoms with E-state index in [-0.39, 0.29) is 0 Å². The van der Waals surface area contributed by atoms with Gasteiger partial charge in [0, 0.05) is 32.0 Å². The lowest BCUT2D eigenvalue weighted by Gasteiger charge is -2.27. The Morgan fingerprint density at radius 2 is 2.18 bits per heavy atom. The van der Waals surface area contributed by atoms with Gasteiger partial charge >= 0.3 is 0 Å². The molecule has 3 heteroatoms. The molecule has 1 aliphatic rings. The molecular formula is C14H25N3. The van der Waals surface area contributed by atoms with Crippen LogP contribution in [-0.4, -0.2) is 22.6 Å². The second-order valence-corrected chi connectivity index (χ2v) is 5.41. The van der Waals surface area contributed by atoms with Gasteiger partial charge in [0.1, 0.15) is 5.82 Å². The van der Waals surface area contributed by atoms with Gasteiger partial charge in [-0.15, -0.1) is 0 Å². The summed E-state index contributed by atoms with van der Waals surface area (Å²) < 4.78 is 2.21. The van der Waals surface area contributed by atoms with Crippen LogP contribution in [-0.2, 0) is 6.54 Å². The number of nitrogens with one attached hydrogen (secondary N) is 1. The lowest BCUT2D eigenvalue weighted by Crippen LogP contribution is -2.33. The van der Waals surface area contributed by atoms with E-state index in [9.17, 15) is 0 Å². The molecule has 1 heterocycles. The zero-order valence-electron chi connectivity index (χ0n) is 11.2. The van der Waals surface area contributed by atoms with Gasteiger partial charge in [0.25, 0.3) is 0 Å². The van der Waals surface area contributed by atoms with E-state index in [4.69, 9.17) is 0 Å². The van der Waals surface area contributed by atoms with Gasteiger partial charge in [-0.25, -0.2) is 4.98 Å². The average Bonchev–Trinajstić information content (AvgIpc) is 2.95.